The van der Waals surface area contributed by atoms with E-state index in [1.165, 1.54) is 6.26 Å². The summed E-state index contributed by atoms with van der Waals surface area (Å²) in [6, 6.07) is 10.9. The fourth-order valence-electron chi connectivity index (χ4n) is 1.37. The molecule has 0 radical (unpaired) electrons. The summed E-state index contributed by atoms with van der Waals surface area (Å²) in [7, 11) is 0. The molecular weight excluding hydrogens is 208 g/mol. The van der Waals surface area contributed by atoms with E-state index in [1.807, 2.05) is 30.5 Å². The number of furan rings is 1. The fourth-order valence-corrected chi connectivity index (χ4v) is 1.97. The van der Waals surface area contributed by atoms with E-state index < -0.39 is 0 Å². The first-order valence-electron chi connectivity index (χ1n) is 4.54. The molecule has 2 rings (SSSR count). The Bertz CT molecular complexity index is 460. The topological polar surface area (TPSA) is 30.2 Å². The van der Waals surface area contributed by atoms with E-state index in [4.69, 9.17) is 4.42 Å². The predicted molar refractivity (Wildman–Crippen MR) is 60.4 cm³/mol. The number of hydrogen-bond acceptors (Lipinski definition) is 3. The first-order valence-corrected chi connectivity index (χ1v) is 5.76. The molecule has 3 heteroatoms. The standard InChI is InChI=1S/C12H10O2S/c1-15-11-7-3-2-5-9(11)12(13)10-6-4-8-14-10/h2-8H,1H3. The molecule has 1 aromatic heterocycles. The summed E-state index contributed by atoms with van der Waals surface area (Å²) in [5.41, 5.74) is 0.694. The van der Waals surface area contributed by atoms with E-state index >= 15 is 0 Å². The lowest BCUT2D eigenvalue weighted by atomic mass is 10.1. The number of carbonyl (C=O) groups is 1. The normalized spacial score (nSPS) is 10.2. The highest BCUT2D eigenvalue weighted by Gasteiger charge is 2.14. The molecule has 0 saturated carbocycles. The van der Waals surface area contributed by atoms with Crippen molar-refractivity contribution in [3.63, 3.8) is 0 Å². The van der Waals surface area contributed by atoms with Gasteiger partial charge in [-0.25, -0.2) is 0 Å². The molecule has 76 valence electrons. The highest BCUT2D eigenvalue weighted by Crippen LogP contribution is 2.22. The van der Waals surface area contributed by atoms with Crippen LogP contribution in [0.4, 0.5) is 0 Å². The number of carbonyl (C=O) groups excluding carboxylic acids is 1. The molecule has 0 bridgehead atoms. The molecule has 1 aromatic carbocycles. The van der Waals surface area contributed by atoms with E-state index in [0.717, 1.165) is 4.90 Å². The van der Waals surface area contributed by atoms with Gasteiger partial charge in [-0.15, -0.1) is 11.8 Å². The molecule has 0 saturated heterocycles. The van der Waals surface area contributed by atoms with Crippen LogP contribution >= 0.6 is 11.8 Å². The molecular formula is C12H10O2S. The summed E-state index contributed by atoms with van der Waals surface area (Å²) in [5.74, 6) is 0.321. The highest BCUT2D eigenvalue weighted by molar-refractivity contribution is 7.98. The minimum absolute atomic E-state index is 0.0649. The molecule has 0 aliphatic rings. The minimum Gasteiger partial charge on any atom is -0.461 e. The number of thioether (sulfide) groups is 1. The van der Waals surface area contributed by atoms with Crippen molar-refractivity contribution in [3.05, 3.63) is 54.0 Å². The van der Waals surface area contributed by atoms with Gasteiger partial charge in [-0.1, -0.05) is 12.1 Å². The zero-order chi connectivity index (χ0) is 10.7. The van der Waals surface area contributed by atoms with Crippen molar-refractivity contribution >= 4 is 17.5 Å². The van der Waals surface area contributed by atoms with E-state index in [9.17, 15) is 4.79 Å². The largest absolute Gasteiger partial charge is 0.461 e. The third kappa shape index (κ3) is 1.97. The fraction of sp³-hybridized carbons (Fsp3) is 0.0833. The van der Waals surface area contributed by atoms with Gasteiger partial charge < -0.3 is 4.42 Å². The quantitative estimate of drug-likeness (QED) is 0.585. The van der Waals surface area contributed by atoms with Crippen LogP contribution in [0.3, 0.4) is 0 Å². The van der Waals surface area contributed by atoms with Crippen molar-refractivity contribution < 1.29 is 9.21 Å². The van der Waals surface area contributed by atoms with Gasteiger partial charge in [-0.2, -0.15) is 0 Å². The number of hydrogen-bond donors (Lipinski definition) is 0. The first kappa shape index (κ1) is 10.1. The Morgan fingerprint density at radius 2 is 2.00 bits per heavy atom. The van der Waals surface area contributed by atoms with Crippen LogP contribution in [0.2, 0.25) is 0 Å². The maximum Gasteiger partial charge on any atom is 0.229 e. The lowest BCUT2D eigenvalue weighted by Crippen LogP contribution is -2.01. The zero-order valence-corrected chi connectivity index (χ0v) is 9.08. The van der Waals surface area contributed by atoms with Crippen molar-refractivity contribution in [2.24, 2.45) is 0 Å². The average molecular weight is 218 g/mol. The van der Waals surface area contributed by atoms with Gasteiger partial charge in [-0.3, -0.25) is 4.79 Å². The van der Waals surface area contributed by atoms with Crippen molar-refractivity contribution in [1.82, 2.24) is 0 Å². The minimum atomic E-state index is -0.0649. The number of benzene rings is 1. The number of rotatable bonds is 3. The third-order valence-corrected chi connectivity index (χ3v) is 2.89. The van der Waals surface area contributed by atoms with Crippen molar-refractivity contribution in [1.29, 1.82) is 0 Å². The van der Waals surface area contributed by atoms with E-state index in [1.54, 1.807) is 23.9 Å². The lowest BCUT2D eigenvalue weighted by molar-refractivity contribution is 0.101. The Morgan fingerprint density at radius 1 is 1.20 bits per heavy atom. The highest BCUT2D eigenvalue weighted by atomic mass is 32.2. The van der Waals surface area contributed by atoms with Crippen LogP contribution in [0, 0.1) is 0 Å². The van der Waals surface area contributed by atoms with Gasteiger partial charge in [-0.05, 0) is 30.5 Å². The Balaban J connectivity index is 2.42. The van der Waals surface area contributed by atoms with E-state index in [-0.39, 0.29) is 5.78 Å². The van der Waals surface area contributed by atoms with Gasteiger partial charge in [0.2, 0.25) is 5.78 Å². The van der Waals surface area contributed by atoms with Crippen LogP contribution in [0.5, 0.6) is 0 Å². The van der Waals surface area contributed by atoms with Crippen molar-refractivity contribution in [2.45, 2.75) is 4.90 Å². The summed E-state index contributed by atoms with van der Waals surface area (Å²) in [5, 5.41) is 0. The van der Waals surface area contributed by atoms with Crippen molar-refractivity contribution in [2.75, 3.05) is 6.26 Å². The summed E-state index contributed by atoms with van der Waals surface area (Å²) in [6.07, 6.45) is 3.46. The second-order valence-corrected chi connectivity index (χ2v) is 3.85. The van der Waals surface area contributed by atoms with Gasteiger partial charge >= 0.3 is 0 Å². The summed E-state index contributed by atoms with van der Waals surface area (Å²) >= 11 is 1.56. The summed E-state index contributed by atoms with van der Waals surface area (Å²) in [4.78, 5) is 13.0. The van der Waals surface area contributed by atoms with Crippen LogP contribution in [-0.2, 0) is 0 Å². The SMILES string of the molecule is CSc1ccccc1C(=O)c1ccco1. The van der Waals surface area contributed by atoms with Gasteiger partial charge in [0.1, 0.15) is 0 Å². The van der Waals surface area contributed by atoms with Gasteiger partial charge in [0.15, 0.2) is 5.76 Å². The molecule has 0 unspecified atom stereocenters. The molecule has 0 N–H and O–H groups in total. The molecule has 0 amide bonds. The van der Waals surface area contributed by atoms with Crippen LogP contribution in [0.15, 0.2) is 52.0 Å². The smallest absolute Gasteiger partial charge is 0.229 e. The number of ketones is 1. The Hall–Kier alpha value is -1.48. The first-order chi connectivity index (χ1) is 7.33. The van der Waals surface area contributed by atoms with Gasteiger partial charge in [0, 0.05) is 10.5 Å². The Morgan fingerprint density at radius 3 is 2.67 bits per heavy atom. The summed E-state index contributed by atoms with van der Waals surface area (Å²) in [6.45, 7) is 0. The monoisotopic (exact) mass is 218 g/mol. The molecule has 0 aliphatic heterocycles. The van der Waals surface area contributed by atoms with Crippen LogP contribution < -0.4 is 0 Å². The zero-order valence-electron chi connectivity index (χ0n) is 8.27. The molecule has 2 nitrogen and oxygen atoms in total. The van der Waals surface area contributed by atoms with Crippen LogP contribution in [-0.4, -0.2) is 12.0 Å². The van der Waals surface area contributed by atoms with E-state index in [2.05, 4.69) is 0 Å². The molecule has 0 atom stereocenters. The van der Waals surface area contributed by atoms with Crippen LogP contribution in [0.1, 0.15) is 16.1 Å². The Labute approximate surface area is 92.3 Å². The maximum absolute atomic E-state index is 12.0. The molecule has 1 heterocycles. The average Bonchev–Trinajstić information content (AvgIpc) is 2.81. The summed E-state index contributed by atoms with van der Waals surface area (Å²) < 4.78 is 5.09. The van der Waals surface area contributed by atoms with E-state index in [0.29, 0.717) is 11.3 Å². The Kier molecular flexibility index (Phi) is 2.92. The molecule has 15 heavy (non-hydrogen) atoms. The molecule has 0 aliphatic carbocycles. The maximum atomic E-state index is 12.0. The second-order valence-electron chi connectivity index (χ2n) is 3.01. The molecule has 0 spiro atoms. The molecule has 0 fully saturated rings. The lowest BCUT2D eigenvalue weighted by Gasteiger charge is -2.03. The van der Waals surface area contributed by atoms with Crippen LogP contribution in [0.25, 0.3) is 0 Å². The molecule has 2 aromatic rings. The predicted octanol–water partition coefficient (Wildman–Crippen LogP) is 3.23. The van der Waals surface area contributed by atoms with Crippen molar-refractivity contribution in [3.8, 4) is 0 Å². The second kappa shape index (κ2) is 4.36. The van der Waals surface area contributed by atoms with Gasteiger partial charge in [0.05, 0.1) is 6.26 Å². The van der Waals surface area contributed by atoms with Gasteiger partial charge in [0.25, 0.3) is 0 Å². The third-order valence-electron chi connectivity index (χ3n) is 2.10.